The van der Waals surface area contributed by atoms with Gasteiger partial charge in [-0.1, -0.05) is 0 Å². The maximum Gasteiger partial charge on any atom is 0.251 e. The lowest BCUT2D eigenvalue weighted by atomic mass is 10.0. The van der Waals surface area contributed by atoms with Crippen LogP contribution >= 0.6 is 0 Å². The first-order chi connectivity index (χ1) is 11.6. The Labute approximate surface area is 141 Å². The van der Waals surface area contributed by atoms with Crippen LogP contribution in [0.4, 0.5) is 0 Å². The predicted octanol–water partition coefficient (Wildman–Crippen LogP) is 1.19. The predicted molar refractivity (Wildman–Crippen MR) is 91.9 cm³/mol. The van der Waals surface area contributed by atoms with Crippen LogP contribution in [0.2, 0.25) is 0 Å². The third kappa shape index (κ3) is 3.84. The molecule has 1 amide bonds. The molecule has 0 radical (unpaired) electrons. The largest absolute Gasteiger partial charge is 0.496 e. The second-order valence-electron chi connectivity index (χ2n) is 5.45. The normalized spacial score (nSPS) is 17.1. The van der Waals surface area contributed by atoms with Crippen molar-refractivity contribution in [2.45, 2.75) is 12.5 Å². The van der Waals surface area contributed by atoms with E-state index in [1.54, 1.807) is 36.3 Å². The summed E-state index contributed by atoms with van der Waals surface area (Å²) in [4.78, 5) is 14.0. The molecule has 126 valence electrons. The summed E-state index contributed by atoms with van der Waals surface area (Å²) >= 11 is 0. The number of likely N-dealkylation sites (tertiary alicyclic amines) is 1. The van der Waals surface area contributed by atoms with Gasteiger partial charge in [-0.2, -0.15) is 5.26 Å². The molecular formula is C17H21N5O2. The molecule has 0 saturated carbocycles. The first-order valence-electron chi connectivity index (χ1n) is 7.64. The van der Waals surface area contributed by atoms with Gasteiger partial charge in [0.1, 0.15) is 5.75 Å². The van der Waals surface area contributed by atoms with Crippen LogP contribution in [-0.4, -0.2) is 50.3 Å². The van der Waals surface area contributed by atoms with Crippen LogP contribution in [0.1, 0.15) is 22.3 Å². The van der Waals surface area contributed by atoms with Crippen molar-refractivity contribution in [2.24, 2.45) is 0 Å². The molecule has 7 heteroatoms. The highest BCUT2D eigenvalue weighted by molar-refractivity contribution is 6.09. The van der Waals surface area contributed by atoms with E-state index in [0.29, 0.717) is 30.0 Å². The van der Waals surface area contributed by atoms with Crippen molar-refractivity contribution in [1.82, 2.24) is 15.5 Å². The maximum absolute atomic E-state index is 12.4. The fourth-order valence-corrected chi connectivity index (χ4v) is 2.66. The van der Waals surface area contributed by atoms with Gasteiger partial charge in [-0.3, -0.25) is 4.79 Å². The zero-order valence-electron chi connectivity index (χ0n) is 13.8. The van der Waals surface area contributed by atoms with Gasteiger partial charge >= 0.3 is 0 Å². The van der Waals surface area contributed by atoms with E-state index in [1.165, 1.54) is 13.3 Å². The minimum absolute atomic E-state index is 0.0239. The van der Waals surface area contributed by atoms with Gasteiger partial charge in [0, 0.05) is 55.3 Å². The Balaban J connectivity index is 2.17. The monoisotopic (exact) mass is 327 g/mol. The molecule has 2 rings (SSSR count). The van der Waals surface area contributed by atoms with E-state index >= 15 is 0 Å². The summed E-state index contributed by atoms with van der Waals surface area (Å²) in [5.41, 5.74) is 1.87. The average molecular weight is 327 g/mol. The summed E-state index contributed by atoms with van der Waals surface area (Å²) in [5.74, 6) is 0.330. The van der Waals surface area contributed by atoms with E-state index < -0.39 is 0 Å². The molecule has 0 spiro atoms. The molecule has 0 aromatic heterocycles. The summed E-state index contributed by atoms with van der Waals surface area (Å²) in [6.07, 6.45) is 5.77. The van der Waals surface area contributed by atoms with Crippen molar-refractivity contribution >= 4 is 17.7 Å². The van der Waals surface area contributed by atoms with Crippen LogP contribution in [-0.2, 0) is 0 Å². The number of allylic oxidation sites excluding steroid dienone is 1. The highest BCUT2D eigenvalue weighted by Gasteiger charge is 2.23. The summed E-state index contributed by atoms with van der Waals surface area (Å²) in [6.45, 7) is 1.21. The molecule has 0 bridgehead atoms. The number of carbonyl (C=O) groups excluding carboxylic acids is 1. The van der Waals surface area contributed by atoms with Gasteiger partial charge in [0.25, 0.3) is 5.91 Å². The number of methoxy groups -OCH3 is 1. The number of hydrogen-bond acceptors (Lipinski definition) is 6. The van der Waals surface area contributed by atoms with Crippen molar-refractivity contribution < 1.29 is 9.53 Å². The van der Waals surface area contributed by atoms with E-state index in [0.717, 1.165) is 12.0 Å². The molecule has 1 aliphatic rings. The summed E-state index contributed by atoms with van der Waals surface area (Å²) in [6, 6.07) is 5.11. The zero-order chi connectivity index (χ0) is 17.5. The highest BCUT2D eigenvalue weighted by atomic mass is 16.5. The summed E-state index contributed by atoms with van der Waals surface area (Å²) in [5, 5.41) is 22.2. The summed E-state index contributed by atoms with van der Waals surface area (Å²) in [7, 11) is 3.28. The number of ether oxygens (including phenoxy) is 1. The molecule has 1 aliphatic heterocycles. The topological polar surface area (TPSA) is 101 Å². The number of nitriles is 1. The Kier molecular flexibility index (Phi) is 5.79. The molecule has 1 saturated heterocycles. The number of rotatable bonds is 6. The average Bonchev–Trinajstić information content (AvgIpc) is 3.06. The van der Waals surface area contributed by atoms with Gasteiger partial charge in [0.15, 0.2) is 6.19 Å². The van der Waals surface area contributed by atoms with Crippen molar-refractivity contribution in [2.75, 3.05) is 27.2 Å². The minimum atomic E-state index is -0.196. The molecule has 1 heterocycles. The van der Waals surface area contributed by atoms with Crippen LogP contribution in [0.25, 0.3) is 5.57 Å². The van der Waals surface area contributed by atoms with Crippen LogP contribution in [0, 0.1) is 16.9 Å². The number of benzene rings is 1. The van der Waals surface area contributed by atoms with Crippen molar-refractivity contribution in [3.63, 3.8) is 0 Å². The van der Waals surface area contributed by atoms with Gasteiger partial charge in [0.2, 0.25) is 0 Å². The Morgan fingerprint density at radius 2 is 2.33 bits per heavy atom. The van der Waals surface area contributed by atoms with Gasteiger partial charge < -0.3 is 25.7 Å². The van der Waals surface area contributed by atoms with Crippen molar-refractivity contribution in [3.05, 3.63) is 35.5 Å². The second kappa shape index (κ2) is 8.02. The van der Waals surface area contributed by atoms with E-state index in [9.17, 15) is 4.79 Å². The lowest BCUT2D eigenvalue weighted by Crippen LogP contribution is -2.36. The number of nitrogens with one attached hydrogen (secondary N) is 3. The van der Waals surface area contributed by atoms with E-state index in [2.05, 4.69) is 16.8 Å². The fourth-order valence-electron chi connectivity index (χ4n) is 2.66. The van der Waals surface area contributed by atoms with E-state index in [4.69, 9.17) is 15.4 Å². The number of hydrogen-bond donors (Lipinski definition) is 3. The minimum Gasteiger partial charge on any atom is -0.496 e. The third-order valence-electron chi connectivity index (χ3n) is 3.89. The van der Waals surface area contributed by atoms with Gasteiger partial charge in [-0.05, 0) is 24.6 Å². The lowest BCUT2D eigenvalue weighted by molar-refractivity contribution is 0.0938. The fraction of sp³-hybridized carbons (Fsp3) is 0.353. The Hall–Kier alpha value is -3.01. The molecule has 1 aromatic carbocycles. The molecule has 0 aliphatic carbocycles. The van der Waals surface area contributed by atoms with E-state index in [-0.39, 0.29) is 11.9 Å². The van der Waals surface area contributed by atoms with Crippen LogP contribution in [0.15, 0.2) is 24.4 Å². The molecule has 1 fully saturated rings. The second-order valence-corrected chi connectivity index (χ2v) is 5.45. The van der Waals surface area contributed by atoms with Crippen LogP contribution in [0.3, 0.4) is 0 Å². The van der Waals surface area contributed by atoms with Crippen LogP contribution in [0.5, 0.6) is 5.75 Å². The first kappa shape index (κ1) is 17.3. The Morgan fingerprint density at radius 1 is 1.54 bits per heavy atom. The number of amides is 1. The molecule has 7 nitrogen and oxygen atoms in total. The third-order valence-corrected chi connectivity index (χ3v) is 3.89. The molecule has 3 N–H and O–H groups in total. The highest BCUT2D eigenvalue weighted by Crippen LogP contribution is 2.26. The lowest BCUT2D eigenvalue weighted by Gasteiger charge is -2.14. The van der Waals surface area contributed by atoms with Gasteiger partial charge in [0.05, 0.1) is 7.11 Å². The smallest absolute Gasteiger partial charge is 0.251 e. The molecule has 1 atom stereocenters. The number of nitrogens with zero attached hydrogens (tertiary/aromatic N) is 2. The first-order valence-corrected chi connectivity index (χ1v) is 7.64. The Morgan fingerprint density at radius 3 is 2.92 bits per heavy atom. The standard InChI is InChI=1S/C17H21N5O2/c1-20-9-13(8-18)15-4-3-12(7-16(15)24-2)17(23)21-14-5-6-22(10-14)11-19/h3-4,7-9,14,18,20H,5-6,10H2,1-2H3,(H,21,23)/b13-9+,18-8?/t14-/m1/s1. The molecule has 1 aromatic rings. The SMILES string of the molecule is CN/C=C(\C=N)c1ccc(C(=O)N[C@@H]2CCN(C#N)C2)cc1OC. The molecular weight excluding hydrogens is 306 g/mol. The van der Waals surface area contributed by atoms with Crippen LogP contribution < -0.4 is 15.4 Å². The maximum atomic E-state index is 12.4. The molecule has 24 heavy (non-hydrogen) atoms. The quantitative estimate of drug-likeness (QED) is 0.538. The zero-order valence-corrected chi connectivity index (χ0v) is 13.8. The van der Waals surface area contributed by atoms with Gasteiger partial charge in [-0.25, -0.2) is 0 Å². The van der Waals surface area contributed by atoms with Crippen molar-refractivity contribution in [1.29, 1.82) is 10.7 Å². The summed E-state index contributed by atoms with van der Waals surface area (Å²) < 4.78 is 5.37. The molecule has 0 unspecified atom stereocenters. The van der Waals surface area contributed by atoms with Crippen molar-refractivity contribution in [3.8, 4) is 11.9 Å². The Bertz CT molecular complexity index is 693. The van der Waals surface area contributed by atoms with Gasteiger partial charge in [-0.15, -0.1) is 0 Å². The number of carbonyl (C=O) groups is 1. The van der Waals surface area contributed by atoms with E-state index in [1.807, 2.05) is 0 Å².